The minimum absolute atomic E-state index is 0.102. The van der Waals surface area contributed by atoms with Crippen LogP contribution < -0.4 is 16.2 Å². The monoisotopic (exact) mass is 348 g/mol. The second-order valence-corrected chi connectivity index (χ2v) is 6.07. The summed E-state index contributed by atoms with van der Waals surface area (Å²) in [5, 5.41) is 4.29. The van der Waals surface area contributed by atoms with Crippen LogP contribution >= 0.6 is 15.9 Å². The predicted octanol–water partition coefficient (Wildman–Crippen LogP) is 2.24. The van der Waals surface area contributed by atoms with Crippen LogP contribution in [0.2, 0.25) is 0 Å². The Morgan fingerprint density at radius 1 is 1.29 bits per heavy atom. The molecule has 1 fully saturated rings. The highest BCUT2D eigenvalue weighted by Gasteiger charge is 2.14. The van der Waals surface area contributed by atoms with E-state index in [4.69, 9.17) is 5.73 Å². The number of anilines is 2. The van der Waals surface area contributed by atoms with Crippen molar-refractivity contribution < 1.29 is 0 Å². The summed E-state index contributed by atoms with van der Waals surface area (Å²) in [5.74, 6) is 0. The van der Waals surface area contributed by atoms with Crippen molar-refractivity contribution in [2.24, 2.45) is 0 Å². The lowest BCUT2D eigenvalue weighted by molar-refractivity contribution is 0.637. The van der Waals surface area contributed by atoms with E-state index in [9.17, 15) is 4.79 Å². The number of rotatable bonds is 3. The summed E-state index contributed by atoms with van der Waals surface area (Å²) >= 11 is 3.47. The van der Waals surface area contributed by atoms with Gasteiger partial charge < -0.3 is 10.6 Å². The first-order chi connectivity index (χ1) is 10.1. The maximum atomic E-state index is 12.2. The second-order valence-electron chi connectivity index (χ2n) is 5.21. The Balaban J connectivity index is 1.88. The first-order valence-corrected chi connectivity index (χ1v) is 7.79. The molecule has 6 heteroatoms. The van der Waals surface area contributed by atoms with E-state index in [2.05, 4.69) is 25.9 Å². The lowest BCUT2D eigenvalue weighted by Gasteiger charge is -2.17. The Kier molecular flexibility index (Phi) is 3.96. The van der Waals surface area contributed by atoms with Crippen molar-refractivity contribution in [2.45, 2.75) is 19.4 Å². The first kappa shape index (κ1) is 14.1. The number of halogens is 1. The highest BCUT2D eigenvalue weighted by Crippen LogP contribution is 2.23. The number of nitrogen functional groups attached to an aromatic ring is 1. The second kappa shape index (κ2) is 5.89. The molecule has 21 heavy (non-hydrogen) atoms. The maximum absolute atomic E-state index is 12.2. The van der Waals surface area contributed by atoms with Gasteiger partial charge in [0.25, 0.3) is 5.56 Å². The molecule has 0 spiro atoms. The quantitative estimate of drug-likeness (QED) is 0.864. The van der Waals surface area contributed by atoms with Crippen molar-refractivity contribution in [3.8, 4) is 0 Å². The van der Waals surface area contributed by atoms with E-state index in [1.165, 1.54) is 17.5 Å². The number of nitrogens with two attached hydrogens (primary N) is 1. The molecule has 2 aromatic rings. The topological polar surface area (TPSA) is 64.2 Å². The molecule has 110 valence electrons. The van der Waals surface area contributed by atoms with Crippen molar-refractivity contribution in [1.29, 1.82) is 0 Å². The van der Waals surface area contributed by atoms with Gasteiger partial charge in [0.2, 0.25) is 0 Å². The number of aromatic nitrogens is 2. The zero-order valence-electron chi connectivity index (χ0n) is 11.6. The summed E-state index contributed by atoms with van der Waals surface area (Å²) < 4.78 is 2.33. The Hall–Kier alpha value is -1.82. The van der Waals surface area contributed by atoms with Crippen molar-refractivity contribution in [1.82, 2.24) is 9.78 Å². The van der Waals surface area contributed by atoms with Gasteiger partial charge in [-0.05, 0) is 25.0 Å². The lowest BCUT2D eigenvalue weighted by Crippen LogP contribution is -2.26. The van der Waals surface area contributed by atoms with Gasteiger partial charge in [0.05, 0.1) is 18.4 Å². The minimum atomic E-state index is -0.102. The van der Waals surface area contributed by atoms with Gasteiger partial charge in [0, 0.05) is 34.9 Å². The Morgan fingerprint density at radius 3 is 2.71 bits per heavy atom. The molecule has 0 atom stereocenters. The van der Waals surface area contributed by atoms with Crippen LogP contribution in [0.25, 0.3) is 0 Å². The molecule has 0 amide bonds. The molecule has 1 aromatic carbocycles. The average molecular weight is 349 g/mol. The van der Waals surface area contributed by atoms with Crippen LogP contribution in [0.3, 0.4) is 0 Å². The molecule has 0 saturated carbocycles. The van der Waals surface area contributed by atoms with E-state index in [0.717, 1.165) is 28.8 Å². The van der Waals surface area contributed by atoms with Gasteiger partial charge in [-0.3, -0.25) is 4.79 Å². The van der Waals surface area contributed by atoms with Gasteiger partial charge in [-0.2, -0.15) is 5.10 Å². The van der Waals surface area contributed by atoms with E-state index >= 15 is 0 Å². The van der Waals surface area contributed by atoms with Crippen molar-refractivity contribution in [3.63, 3.8) is 0 Å². The number of hydrogen-bond donors (Lipinski definition) is 1. The van der Waals surface area contributed by atoms with Gasteiger partial charge in [-0.15, -0.1) is 0 Å². The summed E-state index contributed by atoms with van der Waals surface area (Å²) in [6.07, 6.45) is 4.12. The van der Waals surface area contributed by atoms with E-state index in [1.54, 1.807) is 12.3 Å². The highest BCUT2D eigenvalue weighted by molar-refractivity contribution is 9.10. The molecule has 1 aliphatic rings. The molecule has 0 radical (unpaired) electrons. The standard InChI is InChI=1S/C15H17BrN4O/c16-13-4-3-5-14(17)12(13)10-20-15(21)8-11(9-18-20)19-6-1-2-7-19/h3-5,8-9H,1-2,6-7,10,17H2. The molecular weight excluding hydrogens is 332 g/mol. The lowest BCUT2D eigenvalue weighted by atomic mass is 10.2. The van der Waals surface area contributed by atoms with E-state index in [0.29, 0.717) is 12.2 Å². The fourth-order valence-corrected chi connectivity index (χ4v) is 3.09. The van der Waals surface area contributed by atoms with Gasteiger partial charge in [-0.25, -0.2) is 4.68 Å². The van der Waals surface area contributed by atoms with Crippen LogP contribution in [0.5, 0.6) is 0 Å². The summed E-state index contributed by atoms with van der Waals surface area (Å²) in [4.78, 5) is 14.4. The van der Waals surface area contributed by atoms with E-state index < -0.39 is 0 Å². The first-order valence-electron chi connectivity index (χ1n) is 7.00. The smallest absolute Gasteiger partial charge is 0.269 e. The number of hydrogen-bond acceptors (Lipinski definition) is 4. The number of benzene rings is 1. The van der Waals surface area contributed by atoms with Gasteiger partial charge >= 0.3 is 0 Å². The molecule has 0 unspecified atom stereocenters. The van der Waals surface area contributed by atoms with Crippen molar-refractivity contribution >= 4 is 27.3 Å². The molecule has 2 heterocycles. The molecule has 1 aromatic heterocycles. The molecule has 1 saturated heterocycles. The van der Waals surface area contributed by atoms with E-state index in [1.807, 2.05) is 18.2 Å². The highest BCUT2D eigenvalue weighted by atomic mass is 79.9. The third-order valence-corrected chi connectivity index (χ3v) is 4.53. The Labute approximate surface area is 131 Å². The van der Waals surface area contributed by atoms with Crippen LogP contribution in [0.1, 0.15) is 18.4 Å². The zero-order valence-corrected chi connectivity index (χ0v) is 13.2. The summed E-state index contributed by atoms with van der Waals surface area (Å²) in [5.41, 5.74) is 8.31. The average Bonchev–Trinajstić information content (AvgIpc) is 2.98. The van der Waals surface area contributed by atoms with Gasteiger partial charge in [0.15, 0.2) is 0 Å². The third kappa shape index (κ3) is 2.95. The molecule has 3 rings (SSSR count). The fraction of sp³-hybridized carbons (Fsp3) is 0.333. The third-order valence-electron chi connectivity index (χ3n) is 3.79. The van der Waals surface area contributed by atoms with Gasteiger partial charge in [-0.1, -0.05) is 22.0 Å². The van der Waals surface area contributed by atoms with Crippen LogP contribution in [0, 0.1) is 0 Å². The van der Waals surface area contributed by atoms with Crippen LogP contribution in [-0.2, 0) is 6.54 Å². The largest absolute Gasteiger partial charge is 0.398 e. The maximum Gasteiger partial charge on any atom is 0.269 e. The molecule has 2 N–H and O–H groups in total. The molecular formula is C15H17BrN4O. The minimum Gasteiger partial charge on any atom is -0.398 e. The SMILES string of the molecule is Nc1cccc(Br)c1Cn1ncc(N2CCCC2)cc1=O. The summed E-state index contributed by atoms with van der Waals surface area (Å²) in [6, 6.07) is 7.26. The Morgan fingerprint density at radius 2 is 2.05 bits per heavy atom. The molecule has 0 bridgehead atoms. The fourth-order valence-electron chi connectivity index (χ4n) is 2.58. The van der Waals surface area contributed by atoms with Crippen LogP contribution in [-0.4, -0.2) is 22.9 Å². The summed E-state index contributed by atoms with van der Waals surface area (Å²) in [7, 11) is 0. The van der Waals surface area contributed by atoms with Crippen molar-refractivity contribution in [2.75, 3.05) is 23.7 Å². The number of nitrogens with zero attached hydrogens (tertiary/aromatic N) is 3. The normalized spacial score (nSPS) is 14.6. The summed E-state index contributed by atoms with van der Waals surface area (Å²) in [6.45, 7) is 2.37. The molecule has 1 aliphatic heterocycles. The predicted molar refractivity (Wildman–Crippen MR) is 87.6 cm³/mol. The van der Waals surface area contributed by atoms with Crippen LogP contribution in [0.4, 0.5) is 11.4 Å². The van der Waals surface area contributed by atoms with Crippen molar-refractivity contribution in [3.05, 3.63) is 50.9 Å². The van der Waals surface area contributed by atoms with Gasteiger partial charge in [0.1, 0.15) is 0 Å². The van der Waals surface area contributed by atoms with E-state index in [-0.39, 0.29) is 5.56 Å². The van der Waals surface area contributed by atoms with Crippen LogP contribution in [0.15, 0.2) is 39.7 Å². The molecule has 5 nitrogen and oxygen atoms in total. The molecule has 0 aliphatic carbocycles. The Bertz CT molecular complexity index is 687. The zero-order chi connectivity index (χ0) is 14.8.